The highest BCUT2D eigenvalue weighted by Crippen LogP contribution is 2.23. The lowest BCUT2D eigenvalue weighted by molar-refractivity contribution is -0.882. The molecular formula is C20H39N2O+. The lowest BCUT2D eigenvalue weighted by Gasteiger charge is -2.36. The Morgan fingerprint density at radius 3 is 2.17 bits per heavy atom. The summed E-state index contributed by atoms with van der Waals surface area (Å²) in [5, 5.41) is 10.1. The fourth-order valence-electron chi connectivity index (χ4n) is 3.75. The second kappa shape index (κ2) is 11.8. The van der Waals surface area contributed by atoms with Gasteiger partial charge < -0.3 is 5.11 Å². The maximum absolute atomic E-state index is 10.1. The average Bonchev–Trinajstić information content (AvgIpc) is 2.97. The zero-order valence-corrected chi connectivity index (χ0v) is 15.6. The summed E-state index contributed by atoms with van der Waals surface area (Å²) in [6.45, 7) is 10.7. The Balaban J connectivity index is 2.04. The quantitative estimate of drug-likeness (QED) is 0.271. The van der Waals surface area contributed by atoms with Gasteiger partial charge in [0.15, 0.2) is 6.23 Å². The van der Waals surface area contributed by atoms with E-state index in [1.165, 1.54) is 70.0 Å². The van der Waals surface area contributed by atoms with Gasteiger partial charge in [0.05, 0.1) is 13.1 Å². The number of amidine groups is 1. The third-order valence-electron chi connectivity index (χ3n) is 5.40. The molecule has 0 fully saturated rings. The molecule has 0 bridgehead atoms. The summed E-state index contributed by atoms with van der Waals surface area (Å²) in [4.78, 5) is 4.69. The monoisotopic (exact) mass is 323 g/mol. The van der Waals surface area contributed by atoms with Crippen LogP contribution in [0.4, 0.5) is 0 Å². The van der Waals surface area contributed by atoms with Gasteiger partial charge in [0.1, 0.15) is 6.54 Å². The lowest BCUT2D eigenvalue weighted by Crippen LogP contribution is -2.56. The van der Waals surface area contributed by atoms with E-state index in [0.29, 0.717) is 4.48 Å². The molecule has 0 amide bonds. The van der Waals surface area contributed by atoms with Crippen LogP contribution in [0.3, 0.4) is 0 Å². The summed E-state index contributed by atoms with van der Waals surface area (Å²) in [6.07, 6.45) is 16.0. The van der Waals surface area contributed by atoms with E-state index in [1.54, 1.807) is 0 Å². The van der Waals surface area contributed by atoms with E-state index < -0.39 is 0 Å². The van der Waals surface area contributed by atoms with Gasteiger partial charge in [-0.05, 0) is 26.2 Å². The molecule has 0 aromatic heterocycles. The van der Waals surface area contributed by atoms with Crippen LogP contribution in [0, 0.1) is 0 Å². The first kappa shape index (κ1) is 20.4. The van der Waals surface area contributed by atoms with E-state index in [9.17, 15) is 5.11 Å². The number of rotatable bonds is 14. The van der Waals surface area contributed by atoms with Gasteiger partial charge in [-0.2, -0.15) is 0 Å². The molecule has 1 heterocycles. The van der Waals surface area contributed by atoms with E-state index in [0.717, 1.165) is 26.1 Å². The minimum Gasteiger partial charge on any atom is -0.345 e. The van der Waals surface area contributed by atoms with Crippen LogP contribution in [0.5, 0.6) is 0 Å². The van der Waals surface area contributed by atoms with E-state index in [1.807, 2.05) is 13.0 Å². The third-order valence-corrected chi connectivity index (χ3v) is 5.40. The molecular weight excluding hydrogens is 284 g/mol. The normalized spacial score (nSPS) is 22.1. The Labute approximate surface area is 144 Å². The van der Waals surface area contributed by atoms with Crippen molar-refractivity contribution < 1.29 is 9.59 Å². The highest BCUT2D eigenvalue weighted by Gasteiger charge is 2.40. The van der Waals surface area contributed by atoms with Crippen molar-refractivity contribution in [2.75, 3.05) is 19.6 Å². The van der Waals surface area contributed by atoms with Crippen molar-refractivity contribution in [3.63, 3.8) is 0 Å². The van der Waals surface area contributed by atoms with Crippen molar-refractivity contribution >= 4 is 5.84 Å². The Morgan fingerprint density at radius 1 is 1.09 bits per heavy atom. The summed E-state index contributed by atoms with van der Waals surface area (Å²) in [7, 11) is 0. The number of quaternary nitrogens is 1. The van der Waals surface area contributed by atoms with Crippen molar-refractivity contribution in [2.24, 2.45) is 4.99 Å². The molecule has 0 radical (unpaired) electrons. The van der Waals surface area contributed by atoms with Gasteiger partial charge in [0, 0.05) is 13.3 Å². The number of aliphatic imine (C=N–C) groups is 1. The molecule has 134 valence electrons. The zero-order chi connectivity index (χ0) is 17.0. The van der Waals surface area contributed by atoms with Gasteiger partial charge in [0.25, 0.3) is 0 Å². The third kappa shape index (κ3) is 6.76. The summed E-state index contributed by atoms with van der Waals surface area (Å²) >= 11 is 0. The Kier molecular flexibility index (Phi) is 10.5. The van der Waals surface area contributed by atoms with Crippen molar-refractivity contribution in [3.05, 3.63) is 12.7 Å². The van der Waals surface area contributed by atoms with Gasteiger partial charge in [-0.15, -0.1) is 6.58 Å². The van der Waals surface area contributed by atoms with Gasteiger partial charge >= 0.3 is 0 Å². The second-order valence-corrected chi connectivity index (χ2v) is 7.01. The van der Waals surface area contributed by atoms with Crippen LogP contribution in [-0.4, -0.2) is 41.3 Å². The lowest BCUT2D eigenvalue weighted by atomic mass is 10.1. The number of allylic oxidation sites excluding steroid dienone is 1. The zero-order valence-electron chi connectivity index (χ0n) is 15.6. The fourth-order valence-corrected chi connectivity index (χ4v) is 3.75. The highest BCUT2D eigenvalue weighted by molar-refractivity contribution is 5.76. The molecule has 0 spiro atoms. The Bertz CT molecular complexity index is 352. The van der Waals surface area contributed by atoms with Crippen molar-refractivity contribution in [1.82, 2.24) is 0 Å². The van der Waals surface area contributed by atoms with Crippen LogP contribution in [0.15, 0.2) is 17.6 Å². The number of hydrogen-bond donors (Lipinski definition) is 1. The number of hydrogen-bond acceptors (Lipinski definition) is 2. The molecule has 3 heteroatoms. The van der Waals surface area contributed by atoms with E-state index in [4.69, 9.17) is 0 Å². The highest BCUT2D eigenvalue weighted by atomic mass is 16.3. The first-order valence-electron chi connectivity index (χ1n) is 9.87. The molecule has 1 aliphatic heterocycles. The van der Waals surface area contributed by atoms with Crippen LogP contribution >= 0.6 is 0 Å². The number of likely N-dealkylation sites (N-methyl/N-ethyl adjacent to an activating group) is 1. The summed E-state index contributed by atoms with van der Waals surface area (Å²) < 4.78 is 0.713. The molecule has 2 unspecified atom stereocenters. The number of unbranched alkanes of at least 4 members (excludes halogenated alkanes) is 9. The minimum atomic E-state index is -0.317. The SMILES string of the molecule is C=CCCCCCCCCCCCC1=NCC[N+]1(CC)C(C)O. The van der Waals surface area contributed by atoms with Crippen molar-refractivity contribution in [2.45, 2.75) is 90.7 Å². The first-order valence-corrected chi connectivity index (χ1v) is 9.87. The Hall–Kier alpha value is -0.670. The van der Waals surface area contributed by atoms with Crippen LogP contribution in [0.1, 0.15) is 84.5 Å². The first-order chi connectivity index (χ1) is 11.2. The summed E-state index contributed by atoms with van der Waals surface area (Å²) in [5.41, 5.74) is 0. The van der Waals surface area contributed by atoms with Crippen LogP contribution in [0.25, 0.3) is 0 Å². The van der Waals surface area contributed by atoms with Crippen LogP contribution < -0.4 is 0 Å². The van der Waals surface area contributed by atoms with Crippen molar-refractivity contribution in [3.8, 4) is 0 Å². The Morgan fingerprint density at radius 2 is 1.65 bits per heavy atom. The van der Waals surface area contributed by atoms with Gasteiger partial charge in [-0.3, -0.25) is 4.48 Å². The number of nitrogens with zero attached hydrogens (tertiary/aromatic N) is 2. The average molecular weight is 324 g/mol. The summed E-state index contributed by atoms with van der Waals surface area (Å²) in [6, 6.07) is 0. The van der Waals surface area contributed by atoms with Crippen molar-refractivity contribution in [1.29, 1.82) is 0 Å². The largest absolute Gasteiger partial charge is 0.345 e. The molecule has 0 saturated carbocycles. The molecule has 23 heavy (non-hydrogen) atoms. The predicted octanol–water partition coefficient (Wildman–Crippen LogP) is 5.05. The van der Waals surface area contributed by atoms with Gasteiger partial charge in [-0.25, -0.2) is 4.99 Å². The fraction of sp³-hybridized carbons (Fsp3) is 0.850. The molecule has 2 atom stereocenters. The standard InChI is InChI=1S/C20H39N2O/c1-4-6-7-8-9-10-11-12-13-14-15-16-20-21-17-18-22(20,5-2)19(3)23/h4,19,23H,1,5-18H2,2-3H3/q+1. The molecule has 3 nitrogen and oxygen atoms in total. The van der Waals surface area contributed by atoms with Crippen LogP contribution in [-0.2, 0) is 0 Å². The molecule has 0 aromatic carbocycles. The van der Waals surface area contributed by atoms with Gasteiger partial charge in [0.2, 0.25) is 5.84 Å². The number of aliphatic hydroxyl groups is 1. The smallest absolute Gasteiger partial charge is 0.200 e. The molecule has 0 aliphatic carbocycles. The minimum absolute atomic E-state index is 0.317. The maximum atomic E-state index is 10.1. The second-order valence-electron chi connectivity index (χ2n) is 7.01. The molecule has 0 saturated heterocycles. The maximum Gasteiger partial charge on any atom is 0.200 e. The molecule has 1 N–H and O–H groups in total. The molecule has 1 aliphatic rings. The molecule has 1 rings (SSSR count). The van der Waals surface area contributed by atoms with E-state index in [-0.39, 0.29) is 6.23 Å². The van der Waals surface area contributed by atoms with E-state index >= 15 is 0 Å². The number of aliphatic hydroxyl groups excluding tert-OH is 1. The van der Waals surface area contributed by atoms with E-state index in [2.05, 4.69) is 18.5 Å². The summed E-state index contributed by atoms with van der Waals surface area (Å²) in [5.74, 6) is 1.24. The van der Waals surface area contributed by atoms with Gasteiger partial charge in [-0.1, -0.05) is 51.0 Å². The van der Waals surface area contributed by atoms with Crippen LogP contribution in [0.2, 0.25) is 0 Å². The topological polar surface area (TPSA) is 32.6 Å². The predicted molar refractivity (Wildman–Crippen MR) is 101 cm³/mol. The molecule has 0 aromatic rings.